The fourth-order valence-electron chi connectivity index (χ4n) is 3.43. The van der Waals surface area contributed by atoms with Crippen molar-refractivity contribution in [2.75, 3.05) is 26.7 Å². The zero-order valence-electron chi connectivity index (χ0n) is 17.1. The second-order valence-corrected chi connectivity index (χ2v) is 8.04. The fourth-order valence-corrected chi connectivity index (χ4v) is 3.43. The number of amides is 1. The van der Waals surface area contributed by atoms with Crippen molar-refractivity contribution in [1.82, 2.24) is 9.80 Å². The number of rotatable bonds is 5. The number of esters is 1. The quantitative estimate of drug-likeness (QED) is 0.738. The van der Waals surface area contributed by atoms with Crippen LogP contribution in [0.15, 0.2) is 30.3 Å². The number of nitrogens with zero attached hydrogens (tertiary/aromatic N) is 2. The first-order valence-electron chi connectivity index (χ1n) is 9.60. The molecule has 6 nitrogen and oxygen atoms in total. The topological polar surface area (TPSA) is 59.1 Å². The molecule has 1 amide bonds. The Bertz CT molecular complexity index is 627. The molecule has 0 N–H and O–H groups in total. The van der Waals surface area contributed by atoms with E-state index in [2.05, 4.69) is 17.0 Å². The summed E-state index contributed by atoms with van der Waals surface area (Å²) in [5.41, 5.74) is 0.634. The van der Waals surface area contributed by atoms with Crippen LogP contribution in [0, 0.1) is 5.92 Å². The van der Waals surface area contributed by atoms with Gasteiger partial charge in [0.05, 0.1) is 12.5 Å². The van der Waals surface area contributed by atoms with Crippen molar-refractivity contribution in [2.45, 2.75) is 52.3 Å². The van der Waals surface area contributed by atoms with Crippen LogP contribution in [-0.4, -0.2) is 60.2 Å². The highest BCUT2D eigenvalue weighted by Crippen LogP contribution is 2.25. The van der Waals surface area contributed by atoms with E-state index in [0.717, 1.165) is 6.54 Å². The zero-order chi connectivity index (χ0) is 20.0. The van der Waals surface area contributed by atoms with Gasteiger partial charge in [-0.1, -0.05) is 30.3 Å². The van der Waals surface area contributed by atoms with Gasteiger partial charge in [-0.15, -0.1) is 0 Å². The Morgan fingerprint density at radius 3 is 2.48 bits per heavy atom. The highest BCUT2D eigenvalue weighted by Gasteiger charge is 2.40. The molecule has 1 heterocycles. The molecule has 2 unspecified atom stereocenters. The third-order valence-corrected chi connectivity index (χ3v) is 4.66. The second kappa shape index (κ2) is 9.22. The summed E-state index contributed by atoms with van der Waals surface area (Å²) in [7, 11) is 2.02. The van der Waals surface area contributed by atoms with Gasteiger partial charge in [0.2, 0.25) is 0 Å². The summed E-state index contributed by atoms with van der Waals surface area (Å²) in [5, 5.41) is 0. The van der Waals surface area contributed by atoms with Gasteiger partial charge in [-0.25, -0.2) is 4.79 Å². The highest BCUT2D eigenvalue weighted by molar-refractivity contribution is 5.75. The van der Waals surface area contributed by atoms with Crippen LogP contribution in [0.2, 0.25) is 0 Å². The third-order valence-electron chi connectivity index (χ3n) is 4.66. The number of hydrogen-bond donors (Lipinski definition) is 0. The van der Waals surface area contributed by atoms with E-state index in [9.17, 15) is 9.59 Å². The van der Waals surface area contributed by atoms with Gasteiger partial charge in [0.1, 0.15) is 5.60 Å². The number of carbonyl (C=O) groups excluding carboxylic acids is 2. The summed E-state index contributed by atoms with van der Waals surface area (Å²) in [6, 6.07) is 10.2. The number of hydrogen-bond acceptors (Lipinski definition) is 5. The van der Waals surface area contributed by atoms with E-state index in [4.69, 9.17) is 9.47 Å². The molecule has 0 aliphatic carbocycles. The number of likely N-dealkylation sites (tertiary alicyclic amines) is 1. The van der Waals surface area contributed by atoms with E-state index in [0.29, 0.717) is 26.1 Å². The maximum atomic E-state index is 12.6. The van der Waals surface area contributed by atoms with Crippen LogP contribution in [0.25, 0.3) is 0 Å². The summed E-state index contributed by atoms with van der Waals surface area (Å²) in [5.74, 6) is -0.643. The summed E-state index contributed by atoms with van der Waals surface area (Å²) in [6.45, 7) is 9.28. The Labute approximate surface area is 162 Å². The molecule has 6 heteroatoms. The fraction of sp³-hybridized carbons (Fsp3) is 0.619. The van der Waals surface area contributed by atoms with Gasteiger partial charge in [-0.05, 0) is 46.7 Å². The van der Waals surface area contributed by atoms with Gasteiger partial charge in [0.25, 0.3) is 0 Å². The van der Waals surface area contributed by atoms with E-state index >= 15 is 0 Å². The molecular formula is C21H32N2O4. The molecule has 0 saturated carbocycles. The van der Waals surface area contributed by atoms with Gasteiger partial charge in [0.15, 0.2) is 0 Å². The van der Waals surface area contributed by atoms with Crippen LogP contribution in [0.5, 0.6) is 0 Å². The maximum Gasteiger partial charge on any atom is 0.410 e. The first-order valence-corrected chi connectivity index (χ1v) is 9.60. The Hall–Kier alpha value is -2.08. The molecule has 1 aliphatic heterocycles. The summed E-state index contributed by atoms with van der Waals surface area (Å²) in [4.78, 5) is 28.8. The van der Waals surface area contributed by atoms with Crippen molar-refractivity contribution in [3.05, 3.63) is 35.9 Å². The molecule has 0 radical (unpaired) electrons. The summed E-state index contributed by atoms with van der Waals surface area (Å²) in [6.07, 6.45) is 0.326. The second-order valence-electron chi connectivity index (χ2n) is 8.04. The lowest BCUT2D eigenvalue weighted by Gasteiger charge is -2.41. The van der Waals surface area contributed by atoms with E-state index in [1.807, 2.05) is 46.0 Å². The number of ether oxygens (including phenoxy) is 2. The SMILES string of the molecule is CCOC(=O)C1CN(C(=O)OC(C)(C)C)CCC1N(C)Cc1ccccc1. The minimum Gasteiger partial charge on any atom is -0.466 e. The average Bonchev–Trinajstić information content (AvgIpc) is 2.60. The molecule has 0 bridgehead atoms. The van der Waals surface area contributed by atoms with Gasteiger partial charge >= 0.3 is 12.1 Å². The molecule has 1 aliphatic rings. The van der Waals surface area contributed by atoms with Crippen LogP contribution in [-0.2, 0) is 20.8 Å². The van der Waals surface area contributed by atoms with Crippen LogP contribution in [0.1, 0.15) is 39.7 Å². The van der Waals surface area contributed by atoms with Gasteiger partial charge < -0.3 is 14.4 Å². The number of piperidine rings is 1. The smallest absolute Gasteiger partial charge is 0.410 e. The molecule has 2 rings (SSSR count). The van der Waals surface area contributed by atoms with Crippen molar-refractivity contribution >= 4 is 12.1 Å². The monoisotopic (exact) mass is 376 g/mol. The van der Waals surface area contributed by atoms with E-state index in [1.165, 1.54) is 5.56 Å². The molecule has 0 aromatic heterocycles. The molecule has 0 spiro atoms. The summed E-state index contributed by atoms with van der Waals surface area (Å²) < 4.78 is 10.8. The van der Waals surface area contributed by atoms with E-state index < -0.39 is 5.60 Å². The molecule has 1 saturated heterocycles. The van der Waals surface area contributed by atoms with Crippen molar-refractivity contribution < 1.29 is 19.1 Å². The number of carbonyl (C=O) groups is 2. The zero-order valence-corrected chi connectivity index (χ0v) is 17.1. The molecular weight excluding hydrogens is 344 g/mol. The van der Waals surface area contributed by atoms with Gasteiger partial charge in [-0.3, -0.25) is 9.69 Å². The van der Waals surface area contributed by atoms with Crippen LogP contribution < -0.4 is 0 Å². The molecule has 1 aromatic carbocycles. The maximum absolute atomic E-state index is 12.6. The third kappa shape index (κ3) is 6.24. The lowest BCUT2D eigenvalue weighted by molar-refractivity contribution is -0.152. The standard InChI is InChI=1S/C21H32N2O4/c1-6-26-19(24)17-15-23(20(25)27-21(2,3)4)13-12-18(17)22(5)14-16-10-8-7-9-11-16/h7-11,17-18H,6,12-15H2,1-5H3. The van der Waals surface area contributed by atoms with Gasteiger partial charge in [-0.2, -0.15) is 0 Å². The average molecular weight is 376 g/mol. The Morgan fingerprint density at radius 1 is 1.22 bits per heavy atom. The van der Waals surface area contributed by atoms with Crippen molar-refractivity contribution in [2.24, 2.45) is 5.92 Å². The summed E-state index contributed by atoms with van der Waals surface area (Å²) >= 11 is 0. The Kier molecular flexibility index (Phi) is 7.25. The van der Waals surface area contributed by atoms with Crippen molar-refractivity contribution in [3.8, 4) is 0 Å². The number of benzene rings is 1. The van der Waals surface area contributed by atoms with Gasteiger partial charge in [0, 0.05) is 25.7 Å². The predicted molar refractivity (Wildman–Crippen MR) is 104 cm³/mol. The Balaban J connectivity index is 2.10. The molecule has 27 heavy (non-hydrogen) atoms. The van der Waals surface area contributed by atoms with Crippen LogP contribution >= 0.6 is 0 Å². The predicted octanol–water partition coefficient (Wildman–Crippen LogP) is 3.31. The lowest BCUT2D eigenvalue weighted by atomic mass is 9.90. The van der Waals surface area contributed by atoms with Crippen LogP contribution in [0.3, 0.4) is 0 Å². The normalized spacial score (nSPS) is 20.4. The van der Waals surface area contributed by atoms with Crippen LogP contribution in [0.4, 0.5) is 4.79 Å². The van der Waals surface area contributed by atoms with E-state index in [-0.39, 0.29) is 24.0 Å². The van der Waals surface area contributed by atoms with E-state index in [1.54, 1.807) is 11.8 Å². The highest BCUT2D eigenvalue weighted by atomic mass is 16.6. The first-order chi connectivity index (χ1) is 12.7. The first kappa shape index (κ1) is 21.2. The van der Waals surface area contributed by atoms with Crippen molar-refractivity contribution in [1.29, 1.82) is 0 Å². The molecule has 2 atom stereocenters. The largest absolute Gasteiger partial charge is 0.466 e. The molecule has 150 valence electrons. The minimum absolute atomic E-state index is 0.0166. The minimum atomic E-state index is -0.558. The lowest BCUT2D eigenvalue weighted by Crippen LogP contribution is -2.54. The molecule has 1 fully saturated rings. The molecule has 1 aromatic rings. The Morgan fingerprint density at radius 2 is 1.89 bits per heavy atom. The van der Waals surface area contributed by atoms with Crippen molar-refractivity contribution in [3.63, 3.8) is 0 Å².